The van der Waals surface area contributed by atoms with Gasteiger partial charge in [-0.3, -0.25) is 4.79 Å². The molecule has 17 atom stereocenters. The van der Waals surface area contributed by atoms with Crippen molar-refractivity contribution in [2.24, 2.45) is 0 Å². The van der Waals surface area contributed by atoms with E-state index in [0.29, 0.717) is 6.42 Å². The number of hydrogen-bond donors (Lipinski definition) is 12. The largest absolute Gasteiger partial charge is 0.394 e. The molecule has 0 saturated carbocycles. The molecule has 3 fully saturated rings. The van der Waals surface area contributed by atoms with E-state index in [2.05, 4.69) is 36.5 Å². The van der Waals surface area contributed by atoms with E-state index in [9.17, 15) is 61.0 Å². The van der Waals surface area contributed by atoms with Gasteiger partial charge in [-0.2, -0.15) is 0 Å². The summed E-state index contributed by atoms with van der Waals surface area (Å²) in [4.78, 5) is 12.0. The normalized spacial score (nSPS) is 34.4. The van der Waals surface area contributed by atoms with Crippen LogP contribution in [0.25, 0.3) is 0 Å². The molecule has 19 heteroatoms. The summed E-state index contributed by atoms with van der Waals surface area (Å²) < 4.78 is 33.6. The lowest BCUT2D eigenvalue weighted by Crippen LogP contribution is -2.66. The minimum absolute atomic E-state index is 0.388. The van der Waals surface area contributed by atoms with Crippen molar-refractivity contribution in [3.63, 3.8) is 0 Å². The van der Waals surface area contributed by atoms with Gasteiger partial charge in [-0.15, -0.1) is 0 Å². The third-order valence-electron chi connectivity index (χ3n) is 12.0. The first kappa shape index (κ1) is 57.3. The second-order valence-electron chi connectivity index (χ2n) is 17.3. The third-order valence-corrected chi connectivity index (χ3v) is 12.0. The number of nitrogens with one attached hydrogen (secondary N) is 1. The van der Waals surface area contributed by atoms with Crippen molar-refractivity contribution in [3.05, 3.63) is 36.5 Å². The topological polar surface area (TPSA) is 307 Å². The van der Waals surface area contributed by atoms with Crippen LogP contribution in [0, 0.1) is 0 Å². The predicted molar refractivity (Wildman–Crippen MR) is 236 cm³/mol. The Kier molecular flexibility index (Phi) is 28.2. The molecule has 0 bridgehead atoms. The molecule has 0 aromatic rings. The quantitative estimate of drug-likeness (QED) is 0.0328. The van der Waals surface area contributed by atoms with Gasteiger partial charge in [0.15, 0.2) is 18.9 Å². The standard InChI is InChI=1S/C46H81NO18/c1-3-4-5-6-7-8-9-10-11-12-13-14-15-16-17-18-19-20-21-22-23-24-31(52)30(47-29(2)51)28-60-44-40(58)37(55)42(33(26-49)62-44)65-46-41(59)38(56)43(34(27-50)63-46)64-45-39(57)36(54)35(53)32(25-48)61-45/h15-16,19-20,23-24,30-46,48-50,52-59H,3-14,17-18,21-22,25-28H2,1-2H3,(H,47,51)/b16-15+,20-19+,24-23+. The molecular formula is C46H81NO18. The maximum Gasteiger partial charge on any atom is 0.217 e. The van der Waals surface area contributed by atoms with Crippen LogP contribution in [0.15, 0.2) is 36.5 Å². The summed E-state index contributed by atoms with van der Waals surface area (Å²) in [6.45, 7) is 0.685. The van der Waals surface area contributed by atoms with Crippen molar-refractivity contribution >= 4 is 5.91 Å². The van der Waals surface area contributed by atoms with E-state index < -0.39 is 130 Å². The molecule has 3 aliphatic rings. The molecule has 3 saturated heterocycles. The van der Waals surface area contributed by atoms with Gasteiger partial charge in [0.2, 0.25) is 5.91 Å². The number of carbonyl (C=O) groups is 1. The van der Waals surface area contributed by atoms with E-state index in [1.807, 2.05) is 0 Å². The molecule has 3 aliphatic heterocycles. The monoisotopic (exact) mass is 936 g/mol. The summed E-state index contributed by atoms with van der Waals surface area (Å²) in [6.07, 6.45) is 4.31. The van der Waals surface area contributed by atoms with E-state index in [4.69, 9.17) is 28.4 Å². The number of amides is 1. The zero-order valence-electron chi connectivity index (χ0n) is 38.2. The van der Waals surface area contributed by atoms with Gasteiger partial charge in [-0.05, 0) is 38.5 Å². The first-order valence-corrected chi connectivity index (χ1v) is 23.7. The molecule has 1 amide bonds. The summed E-state index contributed by atoms with van der Waals surface area (Å²) in [7, 11) is 0. The Balaban J connectivity index is 1.41. The van der Waals surface area contributed by atoms with E-state index in [1.54, 1.807) is 6.08 Å². The molecule has 378 valence electrons. The number of carbonyl (C=O) groups excluding carboxylic acids is 1. The van der Waals surface area contributed by atoms with Crippen molar-refractivity contribution in [2.75, 3.05) is 26.4 Å². The van der Waals surface area contributed by atoms with Gasteiger partial charge >= 0.3 is 0 Å². The highest BCUT2D eigenvalue weighted by Crippen LogP contribution is 2.33. The predicted octanol–water partition coefficient (Wildman–Crippen LogP) is 0.247. The molecule has 3 heterocycles. The van der Waals surface area contributed by atoms with Crippen molar-refractivity contribution in [3.8, 4) is 0 Å². The Morgan fingerprint density at radius 1 is 0.538 bits per heavy atom. The zero-order chi connectivity index (χ0) is 47.7. The van der Waals surface area contributed by atoms with Gasteiger partial charge in [0.1, 0.15) is 73.2 Å². The van der Waals surface area contributed by atoms with Gasteiger partial charge in [0, 0.05) is 6.92 Å². The maximum absolute atomic E-state index is 12.0. The fraction of sp³-hybridized carbons (Fsp3) is 0.848. The van der Waals surface area contributed by atoms with Crippen LogP contribution in [-0.4, -0.2) is 193 Å². The Hall–Kier alpha value is -1.99. The second-order valence-corrected chi connectivity index (χ2v) is 17.3. The number of rotatable bonds is 31. The lowest BCUT2D eigenvalue weighted by atomic mass is 9.96. The lowest BCUT2D eigenvalue weighted by molar-refractivity contribution is -0.379. The van der Waals surface area contributed by atoms with E-state index in [0.717, 1.165) is 25.7 Å². The Bertz CT molecular complexity index is 1350. The summed E-state index contributed by atoms with van der Waals surface area (Å²) in [6, 6.07) is -0.994. The van der Waals surface area contributed by atoms with Crippen LogP contribution in [-0.2, 0) is 33.2 Å². The van der Waals surface area contributed by atoms with Crippen LogP contribution in [0.5, 0.6) is 0 Å². The van der Waals surface area contributed by atoms with Crippen LogP contribution in [0.1, 0.15) is 117 Å². The van der Waals surface area contributed by atoms with Crippen molar-refractivity contribution in [2.45, 2.75) is 221 Å². The van der Waals surface area contributed by atoms with Gasteiger partial charge in [-0.25, -0.2) is 0 Å². The van der Waals surface area contributed by atoms with Gasteiger partial charge in [0.05, 0.1) is 38.6 Å². The molecule has 19 nitrogen and oxygen atoms in total. The first-order valence-electron chi connectivity index (χ1n) is 23.7. The number of ether oxygens (including phenoxy) is 6. The average Bonchev–Trinajstić information content (AvgIpc) is 3.29. The maximum atomic E-state index is 12.0. The molecule has 0 aromatic carbocycles. The smallest absolute Gasteiger partial charge is 0.217 e. The lowest BCUT2D eigenvalue weighted by Gasteiger charge is -2.48. The molecule has 3 rings (SSSR count). The Morgan fingerprint density at radius 2 is 0.954 bits per heavy atom. The van der Waals surface area contributed by atoms with Crippen LogP contribution in [0.2, 0.25) is 0 Å². The molecule has 17 unspecified atom stereocenters. The van der Waals surface area contributed by atoms with E-state index in [1.165, 1.54) is 83.6 Å². The Labute approximate surface area is 383 Å². The van der Waals surface area contributed by atoms with Crippen LogP contribution in [0.3, 0.4) is 0 Å². The fourth-order valence-electron chi connectivity index (χ4n) is 8.02. The minimum atomic E-state index is -1.98. The highest BCUT2D eigenvalue weighted by atomic mass is 16.8. The van der Waals surface area contributed by atoms with Crippen molar-refractivity contribution in [1.29, 1.82) is 0 Å². The average molecular weight is 936 g/mol. The zero-order valence-corrected chi connectivity index (χ0v) is 38.2. The van der Waals surface area contributed by atoms with Gasteiger partial charge in [0.25, 0.3) is 0 Å². The molecule has 0 aliphatic carbocycles. The number of aliphatic hydroxyl groups is 11. The third kappa shape index (κ3) is 19.1. The number of aliphatic hydroxyl groups excluding tert-OH is 11. The van der Waals surface area contributed by atoms with Crippen LogP contribution < -0.4 is 5.32 Å². The minimum Gasteiger partial charge on any atom is -0.394 e. The van der Waals surface area contributed by atoms with Crippen molar-refractivity contribution in [1.82, 2.24) is 5.32 Å². The molecule has 0 aromatic heterocycles. The summed E-state index contributed by atoms with van der Waals surface area (Å²) in [5.74, 6) is -0.469. The molecular weight excluding hydrogens is 854 g/mol. The van der Waals surface area contributed by atoms with Gasteiger partial charge in [-0.1, -0.05) is 108 Å². The van der Waals surface area contributed by atoms with Crippen molar-refractivity contribution < 1.29 is 89.4 Å². The first-order chi connectivity index (χ1) is 31.3. The van der Waals surface area contributed by atoms with E-state index >= 15 is 0 Å². The highest BCUT2D eigenvalue weighted by molar-refractivity contribution is 5.73. The molecule has 12 N–H and O–H groups in total. The van der Waals surface area contributed by atoms with E-state index in [-0.39, 0.29) is 6.61 Å². The molecule has 0 radical (unpaired) electrons. The second kappa shape index (κ2) is 31.9. The summed E-state index contributed by atoms with van der Waals surface area (Å²) in [5.41, 5.74) is 0. The summed E-state index contributed by atoms with van der Waals surface area (Å²) in [5, 5.41) is 118. The van der Waals surface area contributed by atoms with Gasteiger partial charge < -0.3 is 89.9 Å². The van der Waals surface area contributed by atoms with Crippen LogP contribution >= 0.6 is 0 Å². The number of hydrogen-bond acceptors (Lipinski definition) is 18. The Morgan fingerprint density at radius 3 is 1.45 bits per heavy atom. The number of allylic oxidation sites excluding steroid dienone is 5. The highest BCUT2D eigenvalue weighted by Gasteiger charge is 2.53. The SMILES string of the molecule is CCCCCCCCCCCCC/C=C/CC/C=C/CC/C=C/C(O)C(COC1OC(CO)C(OC2OC(CO)C(OC3OC(CO)C(O)C(O)C3O)C(O)C2O)C(O)C1O)NC(C)=O. The summed E-state index contributed by atoms with van der Waals surface area (Å²) >= 11 is 0. The number of unbranched alkanes of at least 4 members (excludes halogenated alkanes) is 13. The van der Waals surface area contributed by atoms with Crippen LogP contribution in [0.4, 0.5) is 0 Å². The molecule has 0 spiro atoms. The molecule has 65 heavy (non-hydrogen) atoms. The fourth-order valence-corrected chi connectivity index (χ4v) is 8.02.